The molecule has 2 atom stereocenters. The van der Waals surface area contributed by atoms with Gasteiger partial charge in [-0.1, -0.05) is 42.5 Å². The molecule has 0 amide bonds. The van der Waals surface area contributed by atoms with Gasteiger partial charge < -0.3 is 0 Å². The van der Waals surface area contributed by atoms with Crippen molar-refractivity contribution >= 4 is 19.9 Å². The summed E-state index contributed by atoms with van der Waals surface area (Å²) >= 11 is 6.09. The van der Waals surface area contributed by atoms with Gasteiger partial charge in [0.15, 0.2) is 0 Å². The van der Waals surface area contributed by atoms with Gasteiger partial charge in [0.05, 0.1) is 0 Å². The molecule has 0 saturated heterocycles. The molecule has 2 aliphatic rings. The smallest absolute Gasteiger partial charge is 0.165 e. The lowest BCUT2D eigenvalue weighted by atomic mass is 9.91. The van der Waals surface area contributed by atoms with Crippen LogP contribution in [-0.2, 0) is 0 Å². The Bertz CT molecular complexity index is 392. The van der Waals surface area contributed by atoms with E-state index in [1.54, 1.807) is 0 Å². The third kappa shape index (κ3) is 5.84. The van der Waals surface area contributed by atoms with Crippen molar-refractivity contribution in [3.8, 4) is 0 Å². The Morgan fingerprint density at radius 3 is 2.20 bits per heavy atom. The molecule has 0 fully saturated rings. The summed E-state index contributed by atoms with van der Waals surface area (Å²) in [6.07, 6.45) is 26.3. The second kappa shape index (κ2) is 9.41. The van der Waals surface area contributed by atoms with Crippen molar-refractivity contribution in [2.75, 3.05) is 0 Å². The molecule has 20 heavy (non-hydrogen) atoms. The van der Waals surface area contributed by atoms with Crippen molar-refractivity contribution in [1.29, 1.82) is 0 Å². The van der Waals surface area contributed by atoms with Gasteiger partial charge in [-0.15, -0.1) is 0 Å². The molecule has 0 nitrogen and oxygen atoms in total. The Morgan fingerprint density at radius 1 is 1.00 bits per heavy atom. The molecule has 0 bridgehead atoms. The van der Waals surface area contributed by atoms with Crippen LogP contribution in [0.1, 0.15) is 51.4 Å². The van der Waals surface area contributed by atoms with Crippen LogP contribution in [0.3, 0.4) is 0 Å². The van der Waals surface area contributed by atoms with E-state index in [1.165, 1.54) is 56.6 Å². The minimum absolute atomic E-state index is 0.403. The van der Waals surface area contributed by atoms with Gasteiger partial charge in [0.2, 0.25) is 8.83 Å². The second-order valence-electron chi connectivity index (χ2n) is 5.93. The summed E-state index contributed by atoms with van der Waals surface area (Å²) in [6, 6.07) is 0. The van der Waals surface area contributed by atoms with Crippen molar-refractivity contribution in [3.63, 3.8) is 0 Å². The predicted molar refractivity (Wildman–Crippen MR) is 91.0 cm³/mol. The Hall–Kier alpha value is -0.533. The fraction of sp³-hybridized carbons (Fsp3) is 0.556. The molecule has 108 valence electrons. The summed E-state index contributed by atoms with van der Waals surface area (Å²) in [5.41, 5.74) is 0. The quantitative estimate of drug-likeness (QED) is 0.253. The van der Waals surface area contributed by atoms with Crippen LogP contribution in [-0.4, -0.2) is 8.83 Å². The van der Waals surface area contributed by atoms with Gasteiger partial charge in [-0.05, 0) is 68.4 Å². The SMILES string of the molecule is Cl[Si]C(C=CCC1CC=CCC1)=CCC1CC=CCC1. The molecular formula is C18H25ClSi. The van der Waals surface area contributed by atoms with Crippen LogP contribution < -0.4 is 0 Å². The molecule has 0 aliphatic heterocycles. The topological polar surface area (TPSA) is 0 Å². The highest BCUT2D eigenvalue weighted by molar-refractivity contribution is 6.98. The van der Waals surface area contributed by atoms with E-state index in [9.17, 15) is 0 Å². The van der Waals surface area contributed by atoms with E-state index < -0.39 is 0 Å². The molecule has 0 aromatic carbocycles. The molecule has 0 saturated carbocycles. The lowest BCUT2D eigenvalue weighted by Crippen LogP contribution is -2.02. The summed E-state index contributed by atoms with van der Waals surface area (Å²) in [7, 11) is 0.403. The van der Waals surface area contributed by atoms with Gasteiger partial charge in [-0.2, -0.15) is 11.1 Å². The molecule has 2 unspecified atom stereocenters. The molecular weight excluding hydrogens is 280 g/mol. The molecule has 0 spiro atoms. The second-order valence-corrected chi connectivity index (χ2v) is 7.26. The lowest BCUT2D eigenvalue weighted by molar-refractivity contribution is 0.485. The molecule has 2 aliphatic carbocycles. The fourth-order valence-corrected chi connectivity index (χ4v) is 3.76. The molecule has 0 aromatic rings. The third-order valence-electron chi connectivity index (χ3n) is 4.30. The van der Waals surface area contributed by atoms with E-state index >= 15 is 0 Å². The normalized spacial score (nSPS) is 27.4. The van der Waals surface area contributed by atoms with Crippen LogP contribution >= 0.6 is 11.1 Å². The summed E-state index contributed by atoms with van der Waals surface area (Å²) in [5, 5.41) is 1.33. The maximum Gasteiger partial charge on any atom is 0.210 e. The Morgan fingerprint density at radius 2 is 1.65 bits per heavy atom. The average molecular weight is 305 g/mol. The largest absolute Gasteiger partial charge is 0.210 e. The van der Waals surface area contributed by atoms with Gasteiger partial charge in [-0.25, -0.2) is 0 Å². The molecule has 2 heteroatoms. The van der Waals surface area contributed by atoms with E-state index in [-0.39, 0.29) is 0 Å². The summed E-state index contributed by atoms with van der Waals surface area (Å²) in [6.45, 7) is 0. The monoisotopic (exact) mass is 304 g/mol. The Balaban J connectivity index is 1.75. The van der Waals surface area contributed by atoms with E-state index in [0.717, 1.165) is 11.8 Å². The van der Waals surface area contributed by atoms with E-state index in [0.29, 0.717) is 8.83 Å². The minimum atomic E-state index is 0.403. The number of hydrogen-bond donors (Lipinski definition) is 0. The van der Waals surface area contributed by atoms with E-state index in [2.05, 4.69) is 42.5 Å². The first-order valence-corrected chi connectivity index (χ1v) is 9.93. The number of rotatable bonds is 6. The first-order chi connectivity index (χ1) is 9.88. The number of halogens is 1. The maximum atomic E-state index is 6.09. The molecule has 0 N–H and O–H groups in total. The van der Waals surface area contributed by atoms with Crippen LogP contribution in [0.2, 0.25) is 0 Å². The first kappa shape index (κ1) is 15.8. The highest BCUT2D eigenvalue weighted by Crippen LogP contribution is 2.24. The lowest BCUT2D eigenvalue weighted by Gasteiger charge is -2.16. The van der Waals surface area contributed by atoms with Gasteiger partial charge in [0.25, 0.3) is 0 Å². The van der Waals surface area contributed by atoms with Gasteiger partial charge >= 0.3 is 0 Å². The van der Waals surface area contributed by atoms with Crippen molar-refractivity contribution in [2.24, 2.45) is 11.8 Å². The van der Waals surface area contributed by atoms with Crippen LogP contribution in [0.15, 0.2) is 47.7 Å². The highest BCUT2D eigenvalue weighted by Gasteiger charge is 2.09. The van der Waals surface area contributed by atoms with Crippen molar-refractivity contribution < 1.29 is 0 Å². The van der Waals surface area contributed by atoms with Gasteiger partial charge in [0, 0.05) is 0 Å². The minimum Gasteiger partial charge on any atom is -0.165 e. The molecule has 0 aromatic heterocycles. The molecule has 0 heterocycles. The zero-order chi connectivity index (χ0) is 14.0. The van der Waals surface area contributed by atoms with Crippen LogP contribution in [0.5, 0.6) is 0 Å². The van der Waals surface area contributed by atoms with Crippen molar-refractivity contribution in [3.05, 3.63) is 47.7 Å². The van der Waals surface area contributed by atoms with E-state index in [4.69, 9.17) is 11.1 Å². The van der Waals surface area contributed by atoms with Crippen molar-refractivity contribution in [2.45, 2.75) is 51.4 Å². The van der Waals surface area contributed by atoms with Crippen LogP contribution in [0, 0.1) is 11.8 Å². The third-order valence-corrected chi connectivity index (χ3v) is 5.55. The molecule has 2 rings (SSSR count). The maximum absolute atomic E-state index is 6.09. The summed E-state index contributed by atoms with van der Waals surface area (Å²) in [4.78, 5) is 0. The van der Waals surface area contributed by atoms with Crippen LogP contribution in [0.4, 0.5) is 0 Å². The Kier molecular flexibility index (Phi) is 7.46. The summed E-state index contributed by atoms with van der Waals surface area (Å²) in [5.74, 6) is 1.68. The molecule has 2 radical (unpaired) electrons. The average Bonchev–Trinajstić information content (AvgIpc) is 2.52. The van der Waals surface area contributed by atoms with Gasteiger partial charge in [0.1, 0.15) is 0 Å². The standard InChI is InChI=1S/C18H25ClSi/c19-20-18(15-14-17-10-5-2-6-11-17)13-7-12-16-8-3-1-4-9-16/h1-3,5,7,13,15-17H,4,6,8-12,14H2. The fourth-order valence-electron chi connectivity index (χ4n) is 2.96. The highest BCUT2D eigenvalue weighted by atomic mass is 35.6. The van der Waals surface area contributed by atoms with Gasteiger partial charge in [-0.3, -0.25) is 0 Å². The van der Waals surface area contributed by atoms with Crippen molar-refractivity contribution in [1.82, 2.24) is 0 Å². The summed E-state index contributed by atoms with van der Waals surface area (Å²) < 4.78 is 0. The Labute approximate surface area is 131 Å². The van der Waals surface area contributed by atoms with E-state index in [1.807, 2.05) is 0 Å². The zero-order valence-corrected chi connectivity index (χ0v) is 14.0. The predicted octanol–water partition coefficient (Wildman–Crippen LogP) is 5.78. The number of allylic oxidation sites excluding steroid dienone is 8. The first-order valence-electron chi connectivity index (χ1n) is 7.92. The van der Waals surface area contributed by atoms with Crippen LogP contribution in [0.25, 0.3) is 0 Å². The number of hydrogen-bond acceptors (Lipinski definition) is 0. The zero-order valence-electron chi connectivity index (χ0n) is 12.2.